The van der Waals surface area contributed by atoms with Crippen molar-refractivity contribution in [3.05, 3.63) is 36.5 Å². The number of hydrogen-bond acceptors (Lipinski definition) is 8. The number of aliphatic carboxylic acids is 1. The summed E-state index contributed by atoms with van der Waals surface area (Å²) in [6, 6.07) is -1.55. The van der Waals surface area contributed by atoms with Crippen molar-refractivity contribution in [3.8, 4) is 0 Å². The van der Waals surface area contributed by atoms with Crippen molar-refractivity contribution in [1.82, 2.24) is 5.32 Å². The predicted octanol–water partition coefficient (Wildman–Crippen LogP) is 9.27. The van der Waals surface area contributed by atoms with E-state index in [1.165, 1.54) is 51.4 Å². The van der Waals surface area contributed by atoms with E-state index in [4.69, 9.17) is 13.8 Å². The summed E-state index contributed by atoms with van der Waals surface area (Å²) < 4.78 is 26.6. The fraction of sp³-hybridized carbons (Fsp3) is 0.769. The van der Waals surface area contributed by atoms with E-state index < -0.39 is 57.6 Å². The summed E-state index contributed by atoms with van der Waals surface area (Å²) >= 11 is 0. The number of carboxylic acids is 1. The lowest BCUT2D eigenvalue weighted by atomic mass is 10.1. The van der Waals surface area contributed by atoms with Gasteiger partial charge >= 0.3 is 19.8 Å². The number of carboxylic acid groups (broad SMARTS) is 1. The van der Waals surface area contributed by atoms with Crippen molar-refractivity contribution in [2.24, 2.45) is 0 Å². The number of amides is 1. The van der Waals surface area contributed by atoms with Crippen LogP contribution in [0.25, 0.3) is 0 Å². The molecule has 1 amide bonds. The molecule has 0 aliphatic rings. The number of allylic oxidation sites excluding steroid dienone is 6. The molecule has 0 rings (SSSR count). The van der Waals surface area contributed by atoms with Gasteiger partial charge in [-0.25, -0.2) is 9.36 Å². The lowest BCUT2D eigenvalue weighted by Crippen LogP contribution is -2.43. The van der Waals surface area contributed by atoms with Crippen LogP contribution in [-0.2, 0) is 32.7 Å². The molecule has 0 aromatic rings. The fourth-order valence-corrected chi connectivity index (χ4v) is 5.86. The normalized spacial score (nSPS) is 14.3. The number of carbonyl (C=O) groups is 3. The van der Waals surface area contributed by atoms with Crippen LogP contribution in [0.3, 0.4) is 0 Å². The molecule has 0 fully saturated rings. The van der Waals surface area contributed by atoms with E-state index in [2.05, 4.69) is 55.6 Å². The van der Waals surface area contributed by atoms with Gasteiger partial charge in [0.1, 0.15) is 12.7 Å². The Hall–Kier alpha value is -2.30. The topological polar surface area (TPSA) is 169 Å². The van der Waals surface area contributed by atoms with Crippen LogP contribution in [0.5, 0.6) is 0 Å². The van der Waals surface area contributed by atoms with Gasteiger partial charge in [-0.15, -0.1) is 0 Å². The van der Waals surface area contributed by atoms with Crippen molar-refractivity contribution in [3.63, 3.8) is 0 Å². The van der Waals surface area contributed by atoms with Crippen molar-refractivity contribution in [2.75, 3.05) is 19.8 Å². The number of aliphatic hydroxyl groups is 1. The van der Waals surface area contributed by atoms with Gasteiger partial charge in [0.25, 0.3) is 0 Å². The molecular weight excluding hydrogens is 673 g/mol. The molecule has 0 aliphatic heterocycles. The first-order valence-electron chi connectivity index (χ1n) is 19.5. The second-order valence-corrected chi connectivity index (χ2v) is 14.6. The Bertz CT molecular complexity index is 1020. The Morgan fingerprint density at radius 1 is 0.627 bits per heavy atom. The van der Waals surface area contributed by atoms with Crippen molar-refractivity contribution in [1.29, 1.82) is 0 Å². The van der Waals surface area contributed by atoms with E-state index in [0.717, 1.165) is 70.6 Å². The predicted molar refractivity (Wildman–Crippen MR) is 203 cm³/mol. The van der Waals surface area contributed by atoms with Crippen LogP contribution in [0.4, 0.5) is 0 Å². The molecule has 0 aromatic heterocycles. The van der Waals surface area contributed by atoms with Crippen LogP contribution in [0, 0.1) is 0 Å². The Morgan fingerprint density at radius 2 is 1.08 bits per heavy atom. The zero-order valence-electron chi connectivity index (χ0n) is 31.7. The van der Waals surface area contributed by atoms with Crippen LogP contribution in [0.15, 0.2) is 36.5 Å². The number of ether oxygens (including phenoxy) is 1. The molecule has 296 valence electrons. The summed E-state index contributed by atoms with van der Waals surface area (Å²) in [7, 11) is -4.75. The number of unbranched alkanes of at least 4 members (excludes halogenated alkanes) is 16. The van der Waals surface area contributed by atoms with Crippen LogP contribution >= 0.6 is 7.82 Å². The first-order chi connectivity index (χ1) is 24.6. The molecule has 3 unspecified atom stereocenters. The highest BCUT2D eigenvalue weighted by Gasteiger charge is 2.28. The molecule has 0 heterocycles. The molecular formula is C39H70NO10P. The van der Waals surface area contributed by atoms with Crippen molar-refractivity contribution in [2.45, 2.75) is 174 Å². The molecule has 12 heteroatoms. The molecule has 51 heavy (non-hydrogen) atoms. The number of rotatable bonds is 36. The maximum Gasteiger partial charge on any atom is 0.472 e. The third kappa shape index (κ3) is 34.5. The van der Waals surface area contributed by atoms with E-state index in [1.54, 1.807) is 0 Å². The molecule has 0 spiro atoms. The van der Waals surface area contributed by atoms with Gasteiger partial charge in [0.2, 0.25) is 5.91 Å². The van der Waals surface area contributed by atoms with Gasteiger partial charge in [0.05, 0.1) is 13.2 Å². The molecule has 0 aliphatic carbocycles. The van der Waals surface area contributed by atoms with Crippen molar-refractivity contribution < 1.29 is 47.8 Å². The summed E-state index contributed by atoms with van der Waals surface area (Å²) in [5, 5.41) is 21.7. The summed E-state index contributed by atoms with van der Waals surface area (Å²) in [5.74, 6) is -2.40. The zero-order chi connectivity index (χ0) is 37.8. The highest BCUT2D eigenvalue weighted by atomic mass is 31.2. The quantitative estimate of drug-likeness (QED) is 0.0210. The second-order valence-electron chi connectivity index (χ2n) is 13.1. The molecule has 0 saturated heterocycles. The summed E-state index contributed by atoms with van der Waals surface area (Å²) in [5.41, 5.74) is 0. The van der Waals surface area contributed by atoms with E-state index in [9.17, 15) is 34.1 Å². The standard InChI is InChI=1S/C39H70NO10P/c1-3-5-7-9-11-13-14-15-16-17-18-19-20-21-22-23-24-26-28-30-37(42)40-36(39(44)45)34-50-51(46,47)49-33-35(41)32-48-38(43)31-29-27-25-12-10-8-6-4-2/h11,13,15-16,18-19,35-36,41H,3-10,12,14,17,20-34H2,1-2H3,(H,40,42)(H,44,45)(H,46,47)/b13-11-,16-15-,19-18-. The number of phosphoric acid groups is 1. The number of phosphoric ester groups is 1. The Morgan fingerprint density at radius 3 is 1.65 bits per heavy atom. The van der Waals surface area contributed by atoms with E-state index in [0.29, 0.717) is 12.8 Å². The average Bonchev–Trinajstić information content (AvgIpc) is 3.10. The molecule has 0 aromatic carbocycles. The second kappa shape index (κ2) is 34.8. The monoisotopic (exact) mass is 743 g/mol. The largest absolute Gasteiger partial charge is 0.480 e. The average molecular weight is 744 g/mol. The minimum Gasteiger partial charge on any atom is -0.480 e. The number of esters is 1. The van der Waals surface area contributed by atoms with Crippen LogP contribution < -0.4 is 5.32 Å². The van der Waals surface area contributed by atoms with Gasteiger partial charge in [-0.2, -0.15) is 0 Å². The Labute approximate surface area is 308 Å². The number of aliphatic hydroxyl groups excluding tert-OH is 1. The zero-order valence-corrected chi connectivity index (χ0v) is 32.5. The first kappa shape index (κ1) is 48.7. The van der Waals surface area contributed by atoms with Crippen molar-refractivity contribution >= 4 is 25.7 Å². The highest BCUT2D eigenvalue weighted by Crippen LogP contribution is 2.43. The maximum atomic E-state index is 12.3. The third-order valence-corrected chi connectivity index (χ3v) is 9.13. The Kier molecular flexibility index (Phi) is 33.2. The third-order valence-electron chi connectivity index (χ3n) is 8.18. The smallest absolute Gasteiger partial charge is 0.472 e. The minimum absolute atomic E-state index is 0.131. The molecule has 0 saturated carbocycles. The maximum absolute atomic E-state index is 12.3. The molecule has 0 bridgehead atoms. The Balaban J connectivity index is 3.98. The fourth-order valence-electron chi connectivity index (χ4n) is 5.08. The van der Waals surface area contributed by atoms with Crippen LogP contribution in [-0.4, -0.2) is 64.9 Å². The van der Waals surface area contributed by atoms with Gasteiger partial charge in [0, 0.05) is 12.8 Å². The lowest BCUT2D eigenvalue weighted by Gasteiger charge is -2.18. The SMILES string of the molecule is CCCCC/C=C\C/C=C\C/C=C\CCCCCCCCC(=O)NC(COP(=O)(O)OCC(O)COC(=O)CCCCCCCCCC)C(=O)O. The summed E-state index contributed by atoms with van der Waals surface area (Å²) in [4.78, 5) is 45.6. The number of carbonyl (C=O) groups excluding carboxylic acids is 2. The molecule has 3 atom stereocenters. The summed E-state index contributed by atoms with van der Waals surface area (Å²) in [6.07, 6.45) is 34.7. The molecule has 4 N–H and O–H groups in total. The number of hydrogen-bond donors (Lipinski definition) is 4. The van der Waals surface area contributed by atoms with E-state index >= 15 is 0 Å². The van der Waals surface area contributed by atoms with Gasteiger partial charge in [0.15, 0.2) is 6.04 Å². The van der Waals surface area contributed by atoms with E-state index in [1.807, 2.05) is 0 Å². The summed E-state index contributed by atoms with van der Waals surface area (Å²) in [6.45, 7) is 2.49. The van der Waals surface area contributed by atoms with Gasteiger partial charge < -0.3 is 25.2 Å². The molecule has 0 radical (unpaired) electrons. The van der Waals surface area contributed by atoms with Crippen LogP contribution in [0.2, 0.25) is 0 Å². The van der Waals surface area contributed by atoms with Crippen LogP contribution in [0.1, 0.15) is 162 Å². The van der Waals surface area contributed by atoms with Gasteiger partial charge in [-0.05, 0) is 51.4 Å². The highest BCUT2D eigenvalue weighted by molar-refractivity contribution is 7.47. The van der Waals surface area contributed by atoms with E-state index in [-0.39, 0.29) is 12.8 Å². The van der Waals surface area contributed by atoms with Gasteiger partial charge in [-0.1, -0.05) is 134 Å². The number of nitrogens with one attached hydrogen (secondary N) is 1. The molecule has 11 nitrogen and oxygen atoms in total. The minimum atomic E-state index is -4.75. The van der Waals surface area contributed by atoms with Gasteiger partial charge in [-0.3, -0.25) is 18.6 Å². The lowest BCUT2D eigenvalue weighted by molar-refractivity contribution is -0.147. The first-order valence-corrected chi connectivity index (χ1v) is 21.0.